The summed E-state index contributed by atoms with van der Waals surface area (Å²) in [6, 6.07) is 12.0. The average molecular weight is 325 g/mol. The summed E-state index contributed by atoms with van der Waals surface area (Å²) < 4.78 is 11.1. The molecule has 0 bridgehead atoms. The van der Waals surface area contributed by atoms with Crippen LogP contribution in [0.2, 0.25) is 0 Å². The number of fused-ring (bicyclic) bond motifs is 1. The highest BCUT2D eigenvalue weighted by Gasteiger charge is 2.12. The number of hydrogen-bond acceptors (Lipinski definition) is 5. The van der Waals surface area contributed by atoms with Gasteiger partial charge in [0.1, 0.15) is 17.2 Å². The quantitative estimate of drug-likeness (QED) is 0.631. The van der Waals surface area contributed by atoms with Crippen molar-refractivity contribution in [1.82, 2.24) is 4.98 Å². The van der Waals surface area contributed by atoms with Crippen LogP contribution < -0.4 is 20.5 Å². The molecule has 0 unspecified atom stereocenters. The molecular formula is C17H15N3O4. The first kappa shape index (κ1) is 15.4. The van der Waals surface area contributed by atoms with Crippen molar-refractivity contribution >= 4 is 28.4 Å². The molecule has 0 radical (unpaired) electrons. The highest BCUT2D eigenvalue weighted by Crippen LogP contribution is 2.35. The Hall–Kier alpha value is -3.48. The van der Waals surface area contributed by atoms with Crippen LogP contribution in [0.15, 0.2) is 48.7 Å². The topological polar surface area (TPSA) is 107 Å². The van der Waals surface area contributed by atoms with Gasteiger partial charge >= 0.3 is 6.09 Å². The second kappa shape index (κ2) is 6.33. The maximum Gasteiger partial charge on any atom is 0.409 e. The SMILES string of the molecule is COc1cc2nccc(Oc3ccc(N)cc3)c2cc1NC(=O)O. The van der Waals surface area contributed by atoms with E-state index in [2.05, 4.69) is 10.3 Å². The van der Waals surface area contributed by atoms with E-state index < -0.39 is 6.09 Å². The Kier molecular flexibility index (Phi) is 4.07. The maximum atomic E-state index is 11.0. The van der Waals surface area contributed by atoms with Crippen LogP contribution in [0.3, 0.4) is 0 Å². The van der Waals surface area contributed by atoms with E-state index in [1.54, 1.807) is 48.7 Å². The van der Waals surface area contributed by atoms with E-state index in [0.717, 1.165) is 0 Å². The zero-order valence-corrected chi connectivity index (χ0v) is 12.8. The standard InChI is InChI=1S/C17H15N3O4/c1-23-16-9-13-12(8-14(16)20-17(21)22)15(6-7-19-13)24-11-4-2-10(18)3-5-11/h2-9,20H,18H2,1H3,(H,21,22). The number of nitrogens with two attached hydrogens (primary N) is 1. The van der Waals surface area contributed by atoms with Crippen LogP contribution in [0.4, 0.5) is 16.2 Å². The lowest BCUT2D eigenvalue weighted by atomic mass is 10.1. The molecule has 7 nitrogen and oxygen atoms in total. The number of nitrogens with one attached hydrogen (secondary N) is 1. The molecule has 122 valence electrons. The van der Waals surface area contributed by atoms with E-state index in [1.807, 2.05) is 0 Å². The molecule has 24 heavy (non-hydrogen) atoms. The molecule has 0 aliphatic heterocycles. The van der Waals surface area contributed by atoms with Gasteiger partial charge in [-0.25, -0.2) is 4.79 Å². The Morgan fingerprint density at radius 3 is 2.58 bits per heavy atom. The number of methoxy groups -OCH3 is 1. The number of hydrogen-bond donors (Lipinski definition) is 3. The Bertz CT molecular complexity index is 894. The molecule has 0 saturated carbocycles. The molecule has 1 amide bonds. The zero-order valence-electron chi connectivity index (χ0n) is 12.8. The second-order valence-corrected chi connectivity index (χ2v) is 4.98. The van der Waals surface area contributed by atoms with E-state index in [-0.39, 0.29) is 0 Å². The van der Waals surface area contributed by atoms with E-state index in [1.165, 1.54) is 7.11 Å². The minimum Gasteiger partial charge on any atom is -0.494 e. The van der Waals surface area contributed by atoms with Crippen LogP contribution in [-0.2, 0) is 0 Å². The van der Waals surface area contributed by atoms with Gasteiger partial charge in [0.05, 0.1) is 18.3 Å². The van der Waals surface area contributed by atoms with Crippen LogP contribution in [0.25, 0.3) is 10.9 Å². The number of carbonyl (C=O) groups is 1. The van der Waals surface area contributed by atoms with Crippen molar-refractivity contribution in [3.63, 3.8) is 0 Å². The van der Waals surface area contributed by atoms with Gasteiger partial charge in [0.25, 0.3) is 0 Å². The predicted molar refractivity (Wildman–Crippen MR) is 90.9 cm³/mol. The van der Waals surface area contributed by atoms with Gasteiger partial charge in [-0.3, -0.25) is 10.3 Å². The first-order chi connectivity index (χ1) is 11.6. The zero-order chi connectivity index (χ0) is 17.1. The van der Waals surface area contributed by atoms with Crippen molar-refractivity contribution in [3.05, 3.63) is 48.7 Å². The van der Waals surface area contributed by atoms with Crippen LogP contribution in [0, 0.1) is 0 Å². The fourth-order valence-electron chi connectivity index (χ4n) is 2.28. The number of aromatic nitrogens is 1. The monoisotopic (exact) mass is 325 g/mol. The molecule has 4 N–H and O–H groups in total. The number of pyridine rings is 1. The number of nitrogen functional groups attached to an aromatic ring is 1. The molecule has 3 aromatic rings. The van der Waals surface area contributed by atoms with E-state index >= 15 is 0 Å². The van der Waals surface area contributed by atoms with Crippen LogP contribution >= 0.6 is 0 Å². The summed E-state index contributed by atoms with van der Waals surface area (Å²) in [5.41, 5.74) is 7.24. The summed E-state index contributed by atoms with van der Waals surface area (Å²) in [4.78, 5) is 15.2. The molecule has 7 heteroatoms. The number of carboxylic acid groups (broad SMARTS) is 1. The molecule has 1 heterocycles. The fourth-order valence-corrected chi connectivity index (χ4v) is 2.28. The largest absolute Gasteiger partial charge is 0.494 e. The Labute approximate surface area is 137 Å². The number of ether oxygens (including phenoxy) is 2. The number of amides is 1. The summed E-state index contributed by atoms with van der Waals surface area (Å²) in [7, 11) is 1.46. The average Bonchev–Trinajstić information content (AvgIpc) is 2.56. The lowest BCUT2D eigenvalue weighted by Crippen LogP contribution is -2.08. The third kappa shape index (κ3) is 3.14. The number of nitrogens with zero attached hydrogens (tertiary/aromatic N) is 1. The molecule has 0 spiro atoms. The Morgan fingerprint density at radius 2 is 1.92 bits per heavy atom. The van der Waals surface area contributed by atoms with Crippen LogP contribution in [0.5, 0.6) is 17.2 Å². The van der Waals surface area contributed by atoms with Crippen molar-refractivity contribution in [3.8, 4) is 17.2 Å². The summed E-state index contributed by atoms with van der Waals surface area (Å²) in [6.45, 7) is 0. The molecule has 0 saturated heterocycles. The maximum absolute atomic E-state index is 11.0. The van der Waals surface area contributed by atoms with E-state index in [4.69, 9.17) is 20.3 Å². The van der Waals surface area contributed by atoms with Gasteiger partial charge in [-0.2, -0.15) is 0 Å². The predicted octanol–water partition coefficient (Wildman–Crippen LogP) is 3.71. The van der Waals surface area contributed by atoms with Gasteiger partial charge in [0.15, 0.2) is 0 Å². The van der Waals surface area contributed by atoms with Gasteiger partial charge in [0.2, 0.25) is 0 Å². The molecule has 1 aromatic heterocycles. The van der Waals surface area contributed by atoms with Crippen molar-refractivity contribution in [2.24, 2.45) is 0 Å². The Morgan fingerprint density at radius 1 is 1.17 bits per heavy atom. The number of benzene rings is 2. The lowest BCUT2D eigenvalue weighted by Gasteiger charge is -2.13. The second-order valence-electron chi connectivity index (χ2n) is 4.98. The summed E-state index contributed by atoms with van der Waals surface area (Å²) >= 11 is 0. The van der Waals surface area contributed by atoms with Gasteiger partial charge in [-0.1, -0.05) is 0 Å². The van der Waals surface area contributed by atoms with Crippen molar-refractivity contribution in [1.29, 1.82) is 0 Å². The minimum absolute atomic E-state index is 0.313. The molecular weight excluding hydrogens is 310 g/mol. The van der Waals surface area contributed by atoms with Crippen LogP contribution in [0.1, 0.15) is 0 Å². The molecule has 0 fully saturated rings. The molecule has 0 aliphatic carbocycles. The van der Waals surface area contributed by atoms with Crippen LogP contribution in [-0.4, -0.2) is 23.3 Å². The Balaban J connectivity index is 2.07. The first-order valence-electron chi connectivity index (χ1n) is 7.07. The van der Waals surface area contributed by atoms with Gasteiger partial charge in [0, 0.05) is 23.3 Å². The van der Waals surface area contributed by atoms with Crippen molar-refractivity contribution in [2.45, 2.75) is 0 Å². The smallest absolute Gasteiger partial charge is 0.409 e. The summed E-state index contributed by atoms with van der Waals surface area (Å²) in [5, 5.41) is 11.9. The van der Waals surface area contributed by atoms with Gasteiger partial charge in [-0.15, -0.1) is 0 Å². The molecule has 2 aromatic carbocycles. The minimum atomic E-state index is -1.18. The van der Waals surface area contributed by atoms with Gasteiger partial charge in [-0.05, 0) is 36.4 Å². The van der Waals surface area contributed by atoms with Crippen molar-refractivity contribution in [2.75, 3.05) is 18.2 Å². The third-order valence-electron chi connectivity index (χ3n) is 3.37. The first-order valence-corrected chi connectivity index (χ1v) is 7.07. The molecule has 0 aliphatic rings. The van der Waals surface area contributed by atoms with Crippen molar-refractivity contribution < 1.29 is 19.4 Å². The summed E-state index contributed by atoms with van der Waals surface area (Å²) in [5.74, 6) is 1.53. The molecule has 3 rings (SSSR count). The summed E-state index contributed by atoms with van der Waals surface area (Å²) in [6.07, 6.45) is 0.427. The number of anilines is 2. The lowest BCUT2D eigenvalue weighted by molar-refractivity contribution is 0.209. The highest BCUT2D eigenvalue weighted by molar-refractivity contribution is 5.95. The normalized spacial score (nSPS) is 10.4. The number of rotatable bonds is 4. The third-order valence-corrected chi connectivity index (χ3v) is 3.37. The van der Waals surface area contributed by atoms with Gasteiger partial charge < -0.3 is 20.3 Å². The fraction of sp³-hybridized carbons (Fsp3) is 0.0588. The highest BCUT2D eigenvalue weighted by atomic mass is 16.5. The van der Waals surface area contributed by atoms with E-state index in [9.17, 15) is 4.79 Å². The molecule has 0 atom stereocenters. The van der Waals surface area contributed by atoms with E-state index in [0.29, 0.717) is 39.5 Å².